The van der Waals surface area contributed by atoms with Gasteiger partial charge in [-0.25, -0.2) is 4.79 Å². The van der Waals surface area contributed by atoms with E-state index in [0.29, 0.717) is 31.4 Å². The normalized spacial score (nSPS) is 42.6. The lowest BCUT2D eigenvalue weighted by Gasteiger charge is -2.62. The van der Waals surface area contributed by atoms with Crippen LogP contribution in [-0.4, -0.2) is 59.8 Å². The minimum absolute atomic E-state index is 0.0124. The fourth-order valence-corrected chi connectivity index (χ4v) is 6.86. The lowest BCUT2D eigenvalue weighted by Crippen LogP contribution is -2.66. The first kappa shape index (κ1) is 23.7. The molecule has 0 aromatic rings. The van der Waals surface area contributed by atoms with E-state index in [1.165, 1.54) is 6.08 Å². The summed E-state index contributed by atoms with van der Waals surface area (Å²) < 4.78 is 17.1. The predicted molar refractivity (Wildman–Crippen MR) is 116 cm³/mol. The summed E-state index contributed by atoms with van der Waals surface area (Å²) >= 11 is 0. The van der Waals surface area contributed by atoms with Gasteiger partial charge < -0.3 is 24.4 Å². The molecule has 2 aliphatic carbocycles. The van der Waals surface area contributed by atoms with E-state index < -0.39 is 29.2 Å². The highest BCUT2D eigenvalue weighted by atomic mass is 16.6. The molecule has 2 aliphatic heterocycles. The van der Waals surface area contributed by atoms with Crippen molar-refractivity contribution < 1.29 is 34.0 Å². The van der Waals surface area contributed by atoms with Crippen LogP contribution >= 0.6 is 0 Å². The van der Waals surface area contributed by atoms with Gasteiger partial charge in [0.15, 0.2) is 0 Å². The molecule has 8 atom stereocenters. The molecule has 0 aromatic heterocycles. The Hall–Kier alpha value is -1.44. The minimum atomic E-state index is -0.714. The van der Waals surface area contributed by atoms with Crippen LogP contribution in [0.2, 0.25) is 0 Å². The molecule has 1 spiro atoms. The summed E-state index contributed by atoms with van der Waals surface area (Å²) in [6, 6.07) is 0. The van der Waals surface area contributed by atoms with Gasteiger partial charge >= 0.3 is 11.9 Å². The molecule has 0 amide bonds. The second-order valence-electron chi connectivity index (χ2n) is 10.9. The number of aliphatic hydroxyl groups is 2. The molecule has 32 heavy (non-hydrogen) atoms. The zero-order chi connectivity index (χ0) is 23.3. The van der Waals surface area contributed by atoms with E-state index >= 15 is 0 Å². The molecule has 0 unspecified atom stereocenters. The number of carbonyl (C=O) groups is 2. The van der Waals surface area contributed by atoms with Crippen LogP contribution in [0.15, 0.2) is 11.6 Å². The summed E-state index contributed by atoms with van der Waals surface area (Å²) in [7, 11) is 0. The molecule has 2 N–H and O–H groups in total. The molecule has 7 nitrogen and oxygen atoms in total. The standard InChI is InChI=1S/C25H38O7/c1-5-15(2)22(29)32-18(17-10-21(28)30-12-17)11-23(4)16(3)9-20(27)25(13-26)19(23)7-6-8-24(25)14-31-24/h10,15-16,18-20,26-27H,5-9,11-14H2,1-4H3/t15-,16+,18-,19+,20-,23-,24-,25-/m0/s1. The number of carbonyl (C=O) groups excluding carboxylic acids is 2. The molecule has 3 fully saturated rings. The van der Waals surface area contributed by atoms with Gasteiger partial charge in [0.2, 0.25) is 0 Å². The number of hydrogen-bond acceptors (Lipinski definition) is 7. The Balaban J connectivity index is 1.69. The number of cyclic esters (lactones) is 1. The van der Waals surface area contributed by atoms with Crippen molar-refractivity contribution in [3.05, 3.63) is 11.6 Å². The SMILES string of the molecule is CC[C@H](C)C(=O)O[C@@H](C[C@@]1(C)[C@H](C)C[C@H](O)[C@]2(CO)[C@@H]1CCC[C@]21CO1)C1=CC(=O)OC1. The van der Waals surface area contributed by atoms with Crippen LogP contribution in [0, 0.1) is 28.6 Å². The maximum Gasteiger partial charge on any atom is 0.331 e. The molecule has 2 saturated carbocycles. The van der Waals surface area contributed by atoms with E-state index in [1.54, 1.807) is 0 Å². The van der Waals surface area contributed by atoms with E-state index in [1.807, 2.05) is 13.8 Å². The van der Waals surface area contributed by atoms with Gasteiger partial charge in [-0.05, 0) is 49.4 Å². The number of hydrogen-bond donors (Lipinski definition) is 2. The molecule has 4 aliphatic rings. The van der Waals surface area contributed by atoms with Crippen LogP contribution < -0.4 is 0 Å². The van der Waals surface area contributed by atoms with Gasteiger partial charge in [-0.15, -0.1) is 0 Å². The van der Waals surface area contributed by atoms with Gasteiger partial charge in [0.25, 0.3) is 0 Å². The summed E-state index contributed by atoms with van der Waals surface area (Å²) in [4.78, 5) is 24.6. The monoisotopic (exact) mass is 450 g/mol. The van der Waals surface area contributed by atoms with Crippen LogP contribution in [-0.2, 0) is 23.8 Å². The molecule has 2 heterocycles. The van der Waals surface area contributed by atoms with Crippen LogP contribution in [0.4, 0.5) is 0 Å². The number of aliphatic hydroxyl groups excluding tert-OH is 2. The highest BCUT2D eigenvalue weighted by Gasteiger charge is 2.73. The largest absolute Gasteiger partial charge is 0.458 e. The zero-order valence-corrected chi connectivity index (χ0v) is 19.8. The molecule has 1 saturated heterocycles. The third-order valence-corrected chi connectivity index (χ3v) is 9.39. The topological polar surface area (TPSA) is 106 Å². The Morgan fingerprint density at radius 3 is 2.69 bits per heavy atom. The van der Waals surface area contributed by atoms with E-state index in [2.05, 4.69) is 13.8 Å². The third-order valence-electron chi connectivity index (χ3n) is 9.39. The van der Waals surface area contributed by atoms with Gasteiger partial charge in [0.05, 0.1) is 30.7 Å². The molecule has 0 radical (unpaired) electrons. The lowest BCUT2D eigenvalue weighted by molar-refractivity contribution is -0.217. The van der Waals surface area contributed by atoms with Crippen molar-refractivity contribution in [3.63, 3.8) is 0 Å². The van der Waals surface area contributed by atoms with Gasteiger partial charge in [0, 0.05) is 11.6 Å². The molecular formula is C25H38O7. The molecule has 4 rings (SSSR count). The summed E-state index contributed by atoms with van der Waals surface area (Å²) in [5.41, 5.74) is -0.809. The Labute approximate surface area is 190 Å². The Morgan fingerprint density at radius 1 is 1.41 bits per heavy atom. The van der Waals surface area contributed by atoms with Crippen molar-refractivity contribution in [2.24, 2.45) is 28.6 Å². The van der Waals surface area contributed by atoms with Gasteiger partial charge in [-0.1, -0.05) is 34.1 Å². The van der Waals surface area contributed by atoms with Crippen molar-refractivity contribution in [2.75, 3.05) is 19.8 Å². The fraction of sp³-hybridized carbons (Fsp3) is 0.840. The summed E-state index contributed by atoms with van der Waals surface area (Å²) in [5, 5.41) is 21.9. The number of ether oxygens (including phenoxy) is 3. The Kier molecular flexibility index (Phi) is 6.23. The van der Waals surface area contributed by atoms with E-state index in [-0.39, 0.29) is 42.4 Å². The van der Waals surface area contributed by atoms with Gasteiger partial charge in [-0.3, -0.25) is 4.79 Å². The van der Waals surface area contributed by atoms with Crippen molar-refractivity contribution in [1.82, 2.24) is 0 Å². The fourth-order valence-electron chi connectivity index (χ4n) is 6.86. The van der Waals surface area contributed by atoms with E-state index in [0.717, 1.165) is 19.3 Å². The minimum Gasteiger partial charge on any atom is -0.458 e. The molecule has 7 heteroatoms. The Bertz CT molecular complexity index is 787. The lowest BCUT2D eigenvalue weighted by atomic mass is 9.43. The van der Waals surface area contributed by atoms with Gasteiger partial charge in [-0.2, -0.15) is 0 Å². The third kappa shape index (κ3) is 3.51. The van der Waals surface area contributed by atoms with Crippen molar-refractivity contribution >= 4 is 11.9 Å². The highest BCUT2D eigenvalue weighted by molar-refractivity contribution is 5.85. The Morgan fingerprint density at radius 2 is 2.12 bits per heavy atom. The second kappa shape index (κ2) is 8.41. The first-order valence-electron chi connectivity index (χ1n) is 12.1. The molecule has 0 bridgehead atoms. The van der Waals surface area contributed by atoms with Crippen LogP contribution in [0.3, 0.4) is 0 Å². The average Bonchev–Trinajstić information content (AvgIpc) is 3.40. The van der Waals surface area contributed by atoms with E-state index in [9.17, 15) is 19.8 Å². The number of rotatable bonds is 7. The van der Waals surface area contributed by atoms with E-state index in [4.69, 9.17) is 14.2 Å². The predicted octanol–water partition coefficient (Wildman–Crippen LogP) is 2.77. The number of esters is 2. The summed E-state index contributed by atoms with van der Waals surface area (Å²) in [6.07, 6.45) is 4.70. The second-order valence-corrected chi connectivity index (χ2v) is 10.9. The average molecular weight is 451 g/mol. The van der Waals surface area contributed by atoms with Crippen LogP contribution in [0.25, 0.3) is 0 Å². The summed E-state index contributed by atoms with van der Waals surface area (Å²) in [6.45, 7) is 8.71. The van der Waals surface area contributed by atoms with Crippen molar-refractivity contribution in [3.8, 4) is 0 Å². The number of epoxide rings is 1. The smallest absolute Gasteiger partial charge is 0.331 e. The molecule has 180 valence electrons. The van der Waals surface area contributed by atoms with Crippen LogP contribution in [0.1, 0.15) is 66.2 Å². The number of fused-ring (bicyclic) bond motifs is 2. The summed E-state index contributed by atoms with van der Waals surface area (Å²) in [5.74, 6) is -0.764. The maximum atomic E-state index is 12.7. The quantitative estimate of drug-likeness (QED) is 0.454. The molecule has 0 aromatic carbocycles. The van der Waals surface area contributed by atoms with Crippen molar-refractivity contribution in [1.29, 1.82) is 0 Å². The zero-order valence-electron chi connectivity index (χ0n) is 19.8. The first-order valence-corrected chi connectivity index (χ1v) is 12.1. The molecular weight excluding hydrogens is 412 g/mol. The van der Waals surface area contributed by atoms with Crippen molar-refractivity contribution in [2.45, 2.75) is 84.0 Å². The van der Waals surface area contributed by atoms with Gasteiger partial charge in [0.1, 0.15) is 18.3 Å². The highest BCUT2D eigenvalue weighted by Crippen LogP contribution is 2.68. The van der Waals surface area contributed by atoms with Crippen LogP contribution in [0.5, 0.6) is 0 Å². The maximum absolute atomic E-state index is 12.7. The first-order chi connectivity index (χ1) is 15.1.